The summed E-state index contributed by atoms with van der Waals surface area (Å²) in [4.78, 5) is 23.2. The number of aromatic nitrogens is 2. The van der Waals surface area contributed by atoms with E-state index in [9.17, 15) is 19.1 Å². The first kappa shape index (κ1) is 23.8. The van der Waals surface area contributed by atoms with E-state index >= 15 is 0 Å². The van der Waals surface area contributed by atoms with Crippen LogP contribution in [0.5, 0.6) is 0 Å². The third-order valence-corrected chi connectivity index (χ3v) is 5.62. The summed E-state index contributed by atoms with van der Waals surface area (Å²) in [7, 11) is 1.21. The van der Waals surface area contributed by atoms with E-state index in [1.807, 2.05) is 12.1 Å². The summed E-state index contributed by atoms with van der Waals surface area (Å²) in [6.45, 7) is 4.11. The number of carbonyl (C=O) groups excluding carboxylic acids is 2. The average Bonchev–Trinajstić information content (AvgIpc) is 3.11. The second-order valence-electron chi connectivity index (χ2n) is 7.71. The first-order valence-electron chi connectivity index (χ1n) is 10.1. The predicted molar refractivity (Wildman–Crippen MR) is 124 cm³/mol. The molecule has 6 nitrogen and oxygen atoms in total. The number of ketones is 1. The highest BCUT2D eigenvalue weighted by Gasteiger charge is 2.20. The summed E-state index contributed by atoms with van der Waals surface area (Å²) in [5, 5.41) is 15.1. The van der Waals surface area contributed by atoms with Crippen molar-refractivity contribution in [2.75, 3.05) is 7.11 Å². The lowest BCUT2D eigenvalue weighted by Crippen LogP contribution is -2.15. The number of esters is 1. The van der Waals surface area contributed by atoms with Crippen LogP contribution in [0, 0.1) is 5.82 Å². The van der Waals surface area contributed by atoms with Crippen LogP contribution < -0.4 is 0 Å². The molecule has 0 amide bonds. The lowest BCUT2D eigenvalue weighted by atomic mass is 9.93. The fourth-order valence-electron chi connectivity index (χ4n) is 3.54. The number of methoxy groups -OCH3 is 1. The number of rotatable bonds is 8. The predicted octanol–water partition coefficient (Wildman–Crippen LogP) is 4.92. The van der Waals surface area contributed by atoms with Gasteiger partial charge >= 0.3 is 5.97 Å². The zero-order valence-corrected chi connectivity index (χ0v) is 19.6. The Bertz CT molecular complexity index is 1170. The molecular formula is C24H24BrFN2O4. The van der Waals surface area contributed by atoms with Crippen molar-refractivity contribution < 1.29 is 23.8 Å². The summed E-state index contributed by atoms with van der Waals surface area (Å²) in [5.74, 6) is -1.29. The summed E-state index contributed by atoms with van der Waals surface area (Å²) < 4.78 is 20.6. The maximum absolute atomic E-state index is 13.5. The van der Waals surface area contributed by atoms with Crippen LogP contribution >= 0.6 is 15.9 Å². The van der Waals surface area contributed by atoms with Gasteiger partial charge < -0.3 is 9.84 Å². The first-order valence-corrected chi connectivity index (χ1v) is 10.9. The molecule has 0 aliphatic rings. The van der Waals surface area contributed by atoms with Gasteiger partial charge in [-0.3, -0.25) is 9.59 Å². The Hall–Kier alpha value is -2.84. The molecule has 2 heterocycles. The minimum Gasteiger partial charge on any atom is -0.469 e. The number of hydrogen-bond acceptors (Lipinski definition) is 5. The normalized spacial score (nSPS) is 12.6. The van der Waals surface area contributed by atoms with E-state index in [1.54, 1.807) is 22.7 Å². The molecular weight excluding hydrogens is 479 g/mol. The van der Waals surface area contributed by atoms with Gasteiger partial charge in [-0.15, -0.1) is 0 Å². The summed E-state index contributed by atoms with van der Waals surface area (Å²) in [5.41, 5.74) is 3.99. The van der Waals surface area contributed by atoms with Crippen LogP contribution in [-0.2, 0) is 14.3 Å². The standard InChI is InChI=1S/C24H24BrFN2O4/c1-14(2)23-19(9-8-17(29)12-18(30)13-22(31)32-3)24(15-4-6-16(26)7-5-15)27-28-20(23)10-11-21(28)25/h4-11,14,17,29H,12-13H2,1-3H3. The van der Waals surface area contributed by atoms with Gasteiger partial charge in [0.15, 0.2) is 0 Å². The maximum Gasteiger partial charge on any atom is 0.313 e. The molecule has 0 aliphatic carbocycles. The van der Waals surface area contributed by atoms with Crippen LogP contribution in [0.4, 0.5) is 4.39 Å². The molecule has 3 aromatic rings. The van der Waals surface area contributed by atoms with Gasteiger partial charge in [0.25, 0.3) is 0 Å². The average molecular weight is 503 g/mol. The molecule has 0 saturated carbocycles. The van der Waals surface area contributed by atoms with Gasteiger partial charge in [-0.25, -0.2) is 8.91 Å². The number of fused-ring (bicyclic) bond motifs is 1. The molecule has 0 fully saturated rings. The Kier molecular flexibility index (Phi) is 7.58. The van der Waals surface area contributed by atoms with Crippen LogP contribution in [0.15, 0.2) is 47.1 Å². The monoisotopic (exact) mass is 502 g/mol. The third-order valence-electron chi connectivity index (χ3n) is 5.02. The Morgan fingerprint density at radius 2 is 1.91 bits per heavy atom. The number of hydrogen-bond donors (Lipinski definition) is 1. The zero-order chi connectivity index (χ0) is 23.4. The smallest absolute Gasteiger partial charge is 0.313 e. The van der Waals surface area contributed by atoms with Crippen molar-refractivity contribution in [3.05, 3.63) is 64.0 Å². The molecule has 0 bridgehead atoms. The molecule has 1 N–H and O–H groups in total. The number of nitrogens with zero attached hydrogens (tertiary/aromatic N) is 2. The van der Waals surface area contributed by atoms with Crippen molar-refractivity contribution in [1.82, 2.24) is 9.61 Å². The summed E-state index contributed by atoms with van der Waals surface area (Å²) >= 11 is 3.52. The SMILES string of the molecule is COC(=O)CC(=O)CC(O)C=Cc1c(-c2ccc(F)cc2)nn2c(Br)ccc2c1C(C)C. The number of ether oxygens (including phenoxy) is 1. The van der Waals surface area contributed by atoms with Crippen LogP contribution in [0.2, 0.25) is 0 Å². The molecule has 0 aliphatic heterocycles. The molecule has 0 radical (unpaired) electrons. The number of carbonyl (C=O) groups is 2. The largest absolute Gasteiger partial charge is 0.469 e. The summed E-state index contributed by atoms with van der Waals surface area (Å²) in [6.07, 6.45) is 1.58. The first-order chi connectivity index (χ1) is 15.2. The highest BCUT2D eigenvalue weighted by Crippen LogP contribution is 2.34. The van der Waals surface area contributed by atoms with Crippen molar-refractivity contribution in [3.63, 3.8) is 0 Å². The van der Waals surface area contributed by atoms with E-state index in [4.69, 9.17) is 5.10 Å². The van der Waals surface area contributed by atoms with Crippen LogP contribution in [-0.4, -0.2) is 39.7 Å². The number of benzene rings is 1. The topological polar surface area (TPSA) is 80.9 Å². The van der Waals surface area contributed by atoms with Crippen LogP contribution in [0.3, 0.4) is 0 Å². The fourth-order valence-corrected chi connectivity index (χ4v) is 3.94. The van der Waals surface area contributed by atoms with E-state index in [0.29, 0.717) is 11.3 Å². The van der Waals surface area contributed by atoms with E-state index in [2.05, 4.69) is 34.5 Å². The van der Waals surface area contributed by atoms with Gasteiger partial charge in [-0.1, -0.05) is 26.0 Å². The highest BCUT2D eigenvalue weighted by molar-refractivity contribution is 9.10. The number of aliphatic hydroxyl groups excluding tert-OH is 1. The Balaban J connectivity index is 2.07. The molecule has 168 valence electrons. The van der Waals surface area contributed by atoms with Crippen molar-refractivity contribution in [1.29, 1.82) is 0 Å². The number of Topliss-reactive ketones (excluding diaryl/α,β-unsaturated/α-hetero) is 1. The fraction of sp³-hybridized carbons (Fsp3) is 0.292. The molecule has 8 heteroatoms. The van der Waals surface area contributed by atoms with Gasteiger partial charge in [-0.05, 0) is 63.8 Å². The molecule has 0 saturated heterocycles. The summed E-state index contributed by atoms with van der Waals surface area (Å²) in [6, 6.07) is 9.89. The minimum absolute atomic E-state index is 0.110. The Morgan fingerprint density at radius 1 is 1.22 bits per heavy atom. The second kappa shape index (κ2) is 10.2. The van der Waals surface area contributed by atoms with Crippen molar-refractivity contribution in [2.24, 2.45) is 0 Å². The van der Waals surface area contributed by atoms with Crippen molar-refractivity contribution >= 4 is 39.3 Å². The molecule has 3 rings (SSSR count). The zero-order valence-electron chi connectivity index (χ0n) is 18.0. The Labute approximate surface area is 193 Å². The van der Waals surface area contributed by atoms with Gasteiger partial charge in [-0.2, -0.15) is 5.10 Å². The molecule has 1 unspecified atom stereocenters. The second-order valence-corrected chi connectivity index (χ2v) is 8.53. The van der Waals surface area contributed by atoms with Gasteiger partial charge in [0, 0.05) is 17.5 Å². The lowest BCUT2D eigenvalue weighted by Gasteiger charge is -2.17. The van der Waals surface area contributed by atoms with Crippen LogP contribution in [0.1, 0.15) is 43.7 Å². The molecule has 2 aromatic heterocycles. The maximum atomic E-state index is 13.5. The van der Waals surface area contributed by atoms with Crippen molar-refractivity contribution in [3.8, 4) is 11.3 Å². The quantitative estimate of drug-likeness (QED) is 0.349. The van der Waals surface area contributed by atoms with E-state index in [-0.39, 0.29) is 24.6 Å². The van der Waals surface area contributed by atoms with Crippen molar-refractivity contribution in [2.45, 2.75) is 38.7 Å². The minimum atomic E-state index is -1.08. The van der Waals surface area contributed by atoms with E-state index in [0.717, 1.165) is 21.2 Å². The molecule has 1 atom stereocenters. The molecule has 1 aromatic carbocycles. The Morgan fingerprint density at radius 3 is 2.53 bits per heavy atom. The number of aliphatic hydroxyl groups is 1. The highest BCUT2D eigenvalue weighted by atomic mass is 79.9. The third kappa shape index (κ3) is 5.31. The van der Waals surface area contributed by atoms with E-state index in [1.165, 1.54) is 25.3 Å². The van der Waals surface area contributed by atoms with Gasteiger partial charge in [0.2, 0.25) is 0 Å². The number of halogens is 2. The lowest BCUT2D eigenvalue weighted by molar-refractivity contribution is -0.143. The molecule has 0 spiro atoms. The van der Waals surface area contributed by atoms with E-state index < -0.39 is 17.9 Å². The van der Waals surface area contributed by atoms with Gasteiger partial charge in [0.05, 0.1) is 24.4 Å². The van der Waals surface area contributed by atoms with Crippen LogP contribution in [0.25, 0.3) is 22.9 Å². The molecule has 32 heavy (non-hydrogen) atoms. The van der Waals surface area contributed by atoms with Gasteiger partial charge in [0.1, 0.15) is 22.6 Å².